The number of amides is 1. The molecule has 1 amide bonds. The van der Waals surface area contributed by atoms with E-state index in [-0.39, 0.29) is 5.91 Å². The van der Waals surface area contributed by atoms with E-state index in [9.17, 15) is 4.79 Å². The summed E-state index contributed by atoms with van der Waals surface area (Å²) < 4.78 is 0. The minimum atomic E-state index is -0.185. The van der Waals surface area contributed by atoms with Crippen LogP contribution in [0.3, 0.4) is 0 Å². The van der Waals surface area contributed by atoms with Gasteiger partial charge in [-0.2, -0.15) is 0 Å². The molecule has 0 bridgehead atoms. The Morgan fingerprint density at radius 3 is 2.61 bits per heavy atom. The SMILES string of the molecule is O=C(NCc1ccccc1Cl)c1ccc(N2CCCCC2)cn1. The third kappa shape index (κ3) is 4.02. The van der Waals surface area contributed by atoms with Crippen molar-refractivity contribution in [3.8, 4) is 0 Å². The van der Waals surface area contributed by atoms with Gasteiger partial charge in [0.05, 0.1) is 11.9 Å². The number of hydrogen-bond donors (Lipinski definition) is 1. The van der Waals surface area contributed by atoms with E-state index in [0.29, 0.717) is 17.3 Å². The van der Waals surface area contributed by atoms with Gasteiger partial charge in [-0.1, -0.05) is 29.8 Å². The summed E-state index contributed by atoms with van der Waals surface area (Å²) in [7, 11) is 0. The van der Waals surface area contributed by atoms with E-state index in [0.717, 1.165) is 24.3 Å². The molecular formula is C18H20ClN3O. The highest BCUT2D eigenvalue weighted by atomic mass is 35.5. The van der Waals surface area contributed by atoms with Crippen LogP contribution in [0.4, 0.5) is 5.69 Å². The highest BCUT2D eigenvalue weighted by Gasteiger charge is 2.13. The zero-order valence-electron chi connectivity index (χ0n) is 13.0. The average Bonchev–Trinajstić information content (AvgIpc) is 2.62. The van der Waals surface area contributed by atoms with Gasteiger partial charge in [-0.25, -0.2) is 4.98 Å². The van der Waals surface area contributed by atoms with Gasteiger partial charge in [0, 0.05) is 24.7 Å². The molecule has 0 aliphatic carbocycles. The van der Waals surface area contributed by atoms with Crippen molar-refractivity contribution in [1.29, 1.82) is 0 Å². The highest BCUT2D eigenvalue weighted by molar-refractivity contribution is 6.31. The first-order valence-corrected chi connectivity index (χ1v) is 8.34. The van der Waals surface area contributed by atoms with E-state index >= 15 is 0 Å². The minimum Gasteiger partial charge on any atom is -0.370 e. The van der Waals surface area contributed by atoms with Gasteiger partial charge in [0.25, 0.3) is 5.91 Å². The number of hydrogen-bond acceptors (Lipinski definition) is 3. The standard InChI is InChI=1S/C18H20ClN3O/c19-16-7-3-2-6-14(16)12-21-18(23)17-9-8-15(13-20-17)22-10-4-1-5-11-22/h2-3,6-9,13H,1,4-5,10-12H2,(H,21,23). The first kappa shape index (κ1) is 15.8. The topological polar surface area (TPSA) is 45.2 Å². The van der Waals surface area contributed by atoms with E-state index in [1.54, 1.807) is 12.3 Å². The van der Waals surface area contributed by atoms with E-state index < -0.39 is 0 Å². The van der Waals surface area contributed by atoms with Crippen LogP contribution in [0.25, 0.3) is 0 Å². The van der Waals surface area contributed by atoms with Crippen molar-refractivity contribution < 1.29 is 4.79 Å². The molecule has 1 aliphatic rings. The van der Waals surface area contributed by atoms with Gasteiger partial charge in [-0.15, -0.1) is 0 Å². The average molecular weight is 330 g/mol. The van der Waals surface area contributed by atoms with Crippen LogP contribution in [-0.2, 0) is 6.54 Å². The third-order valence-electron chi connectivity index (χ3n) is 4.10. The number of piperidine rings is 1. The summed E-state index contributed by atoms with van der Waals surface area (Å²) in [6.45, 7) is 2.54. The quantitative estimate of drug-likeness (QED) is 0.931. The number of carbonyl (C=O) groups is 1. The van der Waals surface area contributed by atoms with Crippen molar-refractivity contribution in [2.45, 2.75) is 25.8 Å². The van der Waals surface area contributed by atoms with E-state index in [1.807, 2.05) is 30.3 Å². The molecule has 1 aromatic heterocycles. The number of anilines is 1. The zero-order chi connectivity index (χ0) is 16.1. The molecule has 1 aromatic carbocycles. The van der Waals surface area contributed by atoms with E-state index in [2.05, 4.69) is 15.2 Å². The van der Waals surface area contributed by atoms with Crippen LogP contribution in [0.2, 0.25) is 5.02 Å². The summed E-state index contributed by atoms with van der Waals surface area (Å²) in [6.07, 6.45) is 5.53. The summed E-state index contributed by atoms with van der Waals surface area (Å²) >= 11 is 6.09. The highest BCUT2D eigenvalue weighted by Crippen LogP contribution is 2.19. The van der Waals surface area contributed by atoms with Crippen molar-refractivity contribution in [3.05, 3.63) is 58.9 Å². The Balaban J connectivity index is 1.60. The number of pyridine rings is 1. The molecular weight excluding hydrogens is 310 g/mol. The van der Waals surface area contributed by atoms with Crippen LogP contribution in [0.15, 0.2) is 42.6 Å². The van der Waals surface area contributed by atoms with Gasteiger partial charge in [0.2, 0.25) is 0 Å². The number of nitrogens with zero attached hydrogens (tertiary/aromatic N) is 2. The van der Waals surface area contributed by atoms with E-state index in [4.69, 9.17) is 11.6 Å². The Bertz CT molecular complexity index is 666. The molecule has 2 aromatic rings. The van der Waals surface area contributed by atoms with Crippen molar-refractivity contribution in [2.24, 2.45) is 0 Å². The van der Waals surface area contributed by atoms with E-state index in [1.165, 1.54) is 19.3 Å². The third-order valence-corrected chi connectivity index (χ3v) is 4.47. The molecule has 0 spiro atoms. The summed E-state index contributed by atoms with van der Waals surface area (Å²) in [4.78, 5) is 18.8. The predicted molar refractivity (Wildman–Crippen MR) is 92.9 cm³/mol. The van der Waals surface area contributed by atoms with Crippen LogP contribution in [0.5, 0.6) is 0 Å². The lowest BCUT2D eigenvalue weighted by Gasteiger charge is -2.28. The molecule has 2 heterocycles. The number of halogens is 1. The van der Waals surface area contributed by atoms with Crippen molar-refractivity contribution in [2.75, 3.05) is 18.0 Å². The molecule has 1 saturated heterocycles. The van der Waals surface area contributed by atoms with Crippen LogP contribution in [0, 0.1) is 0 Å². The number of benzene rings is 1. The van der Waals surface area contributed by atoms with Crippen molar-refractivity contribution in [3.63, 3.8) is 0 Å². The lowest BCUT2D eigenvalue weighted by Crippen LogP contribution is -2.29. The van der Waals surface area contributed by atoms with Gasteiger partial charge in [-0.05, 0) is 43.0 Å². The summed E-state index contributed by atoms with van der Waals surface area (Å²) in [5.41, 5.74) is 2.41. The van der Waals surface area contributed by atoms with Crippen LogP contribution >= 0.6 is 11.6 Å². The monoisotopic (exact) mass is 329 g/mol. The Morgan fingerprint density at radius 1 is 1.13 bits per heavy atom. The predicted octanol–water partition coefficient (Wildman–Crippen LogP) is 3.66. The molecule has 1 fully saturated rings. The van der Waals surface area contributed by atoms with Crippen LogP contribution in [0.1, 0.15) is 35.3 Å². The largest absolute Gasteiger partial charge is 0.370 e. The lowest BCUT2D eigenvalue weighted by molar-refractivity contribution is 0.0946. The summed E-state index contributed by atoms with van der Waals surface area (Å²) in [6, 6.07) is 11.2. The van der Waals surface area contributed by atoms with Gasteiger partial charge < -0.3 is 10.2 Å². The molecule has 120 valence electrons. The first-order valence-electron chi connectivity index (χ1n) is 7.96. The normalized spacial score (nSPS) is 14.6. The lowest BCUT2D eigenvalue weighted by atomic mass is 10.1. The van der Waals surface area contributed by atoms with Gasteiger partial charge in [0.1, 0.15) is 5.69 Å². The number of rotatable bonds is 4. The van der Waals surface area contributed by atoms with Crippen LogP contribution in [-0.4, -0.2) is 24.0 Å². The minimum absolute atomic E-state index is 0.185. The molecule has 3 rings (SSSR count). The Hall–Kier alpha value is -2.07. The molecule has 0 saturated carbocycles. The Labute approximate surface area is 141 Å². The fourth-order valence-corrected chi connectivity index (χ4v) is 2.97. The molecule has 0 radical (unpaired) electrons. The van der Waals surface area contributed by atoms with Gasteiger partial charge >= 0.3 is 0 Å². The Kier molecular flexibility index (Phi) is 5.13. The van der Waals surface area contributed by atoms with Crippen molar-refractivity contribution >= 4 is 23.2 Å². The van der Waals surface area contributed by atoms with Gasteiger partial charge in [-0.3, -0.25) is 4.79 Å². The maximum Gasteiger partial charge on any atom is 0.270 e. The number of carbonyl (C=O) groups excluding carboxylic acids is 1. The smallest absolute Gasteiger partial charge is 0.270 e. The van der Waals surface area contributed by atoms with Crippen LogP contribution < -0.4 is 10.2 Å². The first-order chi connectivity index (χ1) is 11.2. The molecule has 0 atom stereocenters. The maximum absolute atomic E-state index is 12.2. The molecule has 1 aliphatic heterocycles. The zero-order valence-corrected chi connectivity index (χ0v) is 13.7. The summed E-state index contributed by atoms with van der Waals surface area (Å²) in [5, 5.41) is 3.51. The second-order valence-corrected chi connectivity index (χ2v) is 6.13. The fourth-order valence-electron chi connectivity index (χ4n) is 2.77. The number of nitrogens with one attached hydrogen (secondary N) is 1. The second-order valence-electron chi connectivity index (χ2n) is 5.72. The summed E-state index contributed by atoms with van der Waals surface area (Å²) in [5.74, 6) is -0.185. The molecule has 23 heavy (non-hydrogen) atoms. The number of aromatic nitrogens is 1. The molecule has 1 N–H and O–H groups in total. The molecule has 5 heteroatoms. The fraction of sp³-hybridized carbons (Fsp3) is 0.333. The Morgan fingerprint density at radius 2 is 1.91 bits per heavy atom. The molecule has 0 unspecified atom stereocenters. The van der Waals surface area contributed by atoms with Gasteiger partial charge in [0.15, 0.2) is 0 Å². The maximum atomic E-state index is 12.2. The van der Waals surface area contributed by atoms with Crippen molar-refractivity contribution in [1.82, 2.24) is 10.3 Å². The second kappa shape index (κ2) is 7.47. The molecule has 4 nitrogen and oxygen atoms in total.